The van der Waals surface area contributed by atoms with Crippen LogP contribution in [-0.4, -0.2) is 23.4 Å². The highest BCUT2D eigenvalue weighted by atomic mass is 32.1. The second kappa shape index (κ2) is 3.85. The number of carbonyl (C=O) groups is 2. The monoisotopic (exact) mass is 246 g/mol. The third kappa shape index (κ3) is 1.78. The maximum Gasteiger partial charge on any atom is 0.324 e. The normalized spacial score (nSPS) is 15.6. The number of amides is 3. The van der Waals surface area contributed by atoms with Crippen LogP contribution < -0.4 is 5.32 Å². The predicted molar refractivity (Wildman–Crippen MR) is 65.8 cm³/mol. The highest BCUT2D eigenvalue weighted by Crippen LogP contribution is 2.26. The lowest BCUT2D eigenvalue weighted by atomic mass is 10.2. The van der Waals surface area contributed by atoms with E-state index in [1.54, 1.807) is 11.3 Å². The predicted octanol–water partition coefficient (Wildman–Crippen LogP) is 1.95. The van der Waals surface area contributed by atoms with Crippen molar-refractivity contribution < 1.29 is 9.59 Å². The van der Waals surface area contributed by atoms with Crippen molar-refractivity contribution in [3.63, 3.8) is 0 Å². The first kappa shape index (κ1) is 10.3. The third-order valence-electron chi connectivity index (χ3n) is 2.79. The molecule has 1 N–H and O–H groups in total. The first-order chi connectivity index (χ1) is 8.24. The van der Waals surface area contributed by atoms with Gasteiger partial charge in [-0.1, -0.05) is 18.2 Å². The number of benzene rings is 1. The van der Waals surface area contributed by atoms with Crippen LogP contribution in [0.25, 0.3) is 10.1 Å². The van der Waals surface area contributed by atoms with Crippen LogP contribution in [0.3, 0.4) is 0 Å². The van der Waals surface area contributed by atoms with Gasteiger partial charge in [-0.05, 0) is 22.4 Å². The first-order valence-electron chi connectivity index (χ1n) is 5.28. The lowest BCUT2D eigenvalue weighted by Crippen LogP contribution is -2.27. The number of hydrogen-bond donors (Lipinski definition) is 1. The Hall–Kier alpha value is -1.88. The van der Waals surface area contributed by atoms with Gasteiger partial charge in [0.05, 0.1) is 0 Å². The average Bonchev–Trinajstić information content (AvgIpc) is 2.85. The van der Waals surface area contributed by atoms with Crippen LogP contribution in [0.1, 0.15) is 5.56 Å². The minimum atomic E-state index is -0.301. The number of thiophene rings is 1. The molecule has 1 aliphatic rings. The van der Waals surface area contributed by atoms with E-state index in [0.29, 0.717) is 6.54 Å². The molecule has 2 aromatic rings. The zero-order valence-electron chi connectivity index (χ0n) is 8.97. The van der Waals surface area contributed by atoms with E-state index in [0.717, 1.165) is 10.9 Å². The largest absolute Gasteiger partial charge is 0.324 e. The smallest absolute Gasteiger partial charge is 0.311 e. The number of urea groups is 1. The third-order valence-corrected chi connectivity index (χ3v) is 3.80. The molecule has 1 aromatic carbocycles. The summed E-state index contributed by atoms with van der Waals surface area (Å²) in [6, 6.07) is 7.77. The fourth-order valence-corrected chi connectivity index (χ4v) is 2.93. The van der Waals surface area contributed by atoms with Gasteiger partial charge in [0.1, 0.15) is 6.54 Å². The van der Waals surface area contributed by atoms with Gasteiger partial charge in [-0.2, -0.15) is 0 Å². The Morgan fingerprint density at radius 1 is 1.29 bits per heavy atom. The van der Waals surface area contributed by atoms with E-state index in [1.165, 1.54) is 9.60 Å². The van der Waals surface area contributed by atoms with Crippen molar-refractivity contribution in [1.82, 2.24) is 10.2 Å². The summed E-state index contributed by atoms with van der Waals surface area (Å²) in [4.78, 5) is 24.1. The summed E-state index contributed by atoms with van der Waals surface area (Å²) < 4.78 is 1.20. The van der Waals surface area contributed by atoms with Crippen LogP contribution in [0, 0.1) is 0 Å². The van der Waals surface area contributed by atoms with Gasteiger partial charge >= 0.3 is 6.03 Å². The SMILES string of the molecule is O=C1CN(Cc2csc3ccccc23)C(=O)N1. The molecule has 0 spiro atoms. The number of nitrogens with one attached hydrogen (secondary N) is 1. The van der Waals surface area contributed by atoms with Gasteiger partial charge in [0.2, 0.25) is 5.91 Å². The molecular weight excluding hydrogens is 236 g/mol. The van der Waals surface area contributed by atoms with Gasteiger partial charge in [-0.25, -0.2) is 4.79 Å². The second-order valence-electron chi connectivity index (χ2n) is 3.97. The van der Waals surface area contributed by atoms with Crippen LogP contribution in [0.5, 0.6) is 0 Å². The zero-order valence-corrected chi connectivity index (χ0v) is 9.79. The quantitative estimate of drug-likeness (QED) is 0.823. The summed E-state index contributed by atoms with van der Waals surface area (Å²) in [5.41, 5.74) is 1.09. The maximum atomic E-state index is 11.4. The fourth-order valence-electron chi connectivity index (χ4n) is 1.97. The molecule has 0 atom stereocenters. The van der Waals surface area contributed by atoms with E-state index in [9.17, 15) is 9.59 Å². The molecule has 0 saturated carbocycles. The molecule has 86 valence electrons. The van der Waals surface area contributed by atoms with Gasteiger partial charge in [-0.15, -0.1) is 11.3 Å². The second-order valence-corrected chi connectivity index (χ2v) is 4.88. The standard InChI is InChI=1S/C12H10N2O2S/c15-11-6-14(12(16)13-11)5-8-7-17-10-4-2-1-3-9(8)10/h1-4,7H,5-6H2,(H,13,15,16). The Morgan fingerprint density at radius 2 is 2.12 bits per heavy atom. The minimum absolute atomic E-state index is 0.156. The first-order valence-corrected chi connectivity index (χ1v) is 6.16. The molecular formula is C12H10N2O2S. The number of rotatable bonds is 2. The van der Waals surface area contributed by atoms with Crippen LogP contribution in [0.15, 0.2) is 29.6 Å². The van der Waals surface area contributed by atoms with E-state index in [2.05, 4.69) is 11.4 Å². The van der Waals surface area contributed by atoms with E-state index < -0.39 is 0 Å². The Kier molecular flexibility index (Phi) is 2.33. The highest BCUT2D eigenvalue weighted by molar-refractivity contribution is 7.17. The Bertz CT molecular complexity index is 605. The van der Waals surface area contributed by atoms with Crippen LogP contribution in [0.2, 0.25) is 0 Å². The summed E-state index contributed by atoms with van der Waals surface area (Å²) in [6.07, 6.45) is 0. The fraction of sp³-hybridized carbons (Fsp3) is 0.167. The lowest BCUT2D eigenvalue weighted by Gasteiger charge is -2.11. The van der Waals surface area contributed by atoms with Crippen LogP contribution in [-0.2, 0) is 11.3 Å². The molecule has 17 heavy (non-hydrogen) atoms. The van der Waals surface area contributed by atoms with Crippen LogP contribution in [0.4, 0.5) is 4.79 Å². The van der Waals surface area contributed by atoms with Crippen molar-refractivity contribution in [1.29, 1.82) is 0 Å². The average molecular weight is 246 g/mol. The van der Waals surface area contributed by atoms with E-state index in [-0.39, 0.29) is 18.5 Å². The van der Waals surface area contributed by atoms with E-state index in [4.69, 9.17) is 0 Å². The molecule has 4 nitrogen and oxygen atoms in total. The van der Waals surface area contributed by atoms with Crippen molar-refractivity contribution in [2.75, 3.05) is 6.54 Å². The topological polar surface area (TPSA) is 49.4 Å². The van der Waals surface area contributed by atoms with Crippen molar-refractivity contribution in [3.05, 3.63) is 35.2 Å². The van der Waals surface area contributed by atoms with Gasteiger partial charge in [-0.3, -0.25) is 10.1 Å². The summed E-state index contributed by atoms with van der Waals surface area (Å²) in [6.45, 7) is 0.643. The Balaban J connectivity index is 1.90. The number of hydrogen-bond acceptors (Lipinski definition) is 3. The number of nitrogens with zero attached hydrogens (tertiary/aromatic N) is 1. The van der Waals surface area contributed by atoms with Gasteiger partial charge < -0.3 is 4.90 Å². The Labute approximate surface area is 102 Å². The molecule has 1 aliphatic heterocycles. The molecule has 0 bridgehead atoms. The minimum Gasteiger partial charge on any atom is -0.311 e. The van der Waals surface area contributed by atoms with Crippen molar-refractivity contribution in [2.45, 2.75) is 6.54 Å². The molecule has 1 saturated heterocycles. The molecule has 0 aliphatic carbocycles. The van der Waals surface area contributed by atoms with Crippen molar-refractivity contribution in [2.24, 2.45) is 0 Å². The van der Waals surface area contributed by atoms with Gasteiger partial charge in [0, 0.05) is 11.2 Å². The number of carbonyl (C=O) groups excluding carboxylic acids is 2. The van der Waals surface area contributed by atoms with Gasteiger partial charge in [0.25, 0.3) is 0 Å². The number of imide groups is 1. The van der Waals surface area contributed by atoms with Crippen molar-refractivity contribution >= 4 is 33.4 Å². The highest BCUT2D eigenvalue weighted by Gasteiger charge is 2.26. The van der Waals surface area contributed by atoms with Crippen molar-refractivity contribution in [3.8, 4) is 0 Å². The maximum absolute atomic E-state index is 11.4. The summed E-state index contributed by atoms with van der Waals surface area (Å²) in [5, 5.41) is 5.48. The molecule has 5 heteroatoms. The molecule has 1 fully saturated rings. The van der Waals surface area contributed by atoms with Crippen LogP contribution >= 0.6 is 11.3 Å². The van der Waals surface area contributed by atoms with E-state index >= 15 is 0 Å². The molecule has 2 heterocycles. The Morgan fingerprint density at radius 3 is 2.88 bits per heavy atom. The summed E-state index contributed by atoms with van der Waals surface area (Å²) in [7, 11) is 0. The van der Waals surface area contributed by atoms with E-state index in [1.807, 2.05) is 23.6 Å². The molecule has 0 unspecified atom stereocenters. The molecule has 0 radical (unpaired) electrons. The molecule has 3 amide bonds. The zero-order chi connectivity index (χ0) is 11.8. The van der Waals surface area contributed by atoms with Gasteiger partial charge in [0.15, 0.2) is 0 Å². The summed E-state index contributed by atoms with van der Waals surface area (Å²) >= 11 is 1.66. The molecule has 1 aromatic heterocycles. The number of fused-ring (bicyclic) bond motifs is 1. The molecule has 3 rings (SSSR count). The lowest BCUT2D eigenvalue weighted by molar-refractivity contribution is -0.118. The summed E-state index contributed by atoms with van der Waals surface area (Å²) in [5.74, 6) is -0.227.